The lowest BCUT2D eigenvalue weighted by atomic mass is 10.2. The fourth-order valence-corrected chi connectivity index (χ4v) is 3.67. The number of carbonyl (C=O) groups is 1. The van der Waals surface area contributed by atoms with Gasteiger partial charge >= 0.3 is 0 Å². The molecule has 1 heterocycles. The quantitative estimate of drug-likeness (QED) is 0.577. The van der Waals surface area contributed by atoms with Crippen LogP contribution in [0.4, 0.5) is 11.4 Å². The number of allylic oxidation sites excluding steroid dienone is 2. The van der Waals surface area contributed by atoms with Crippen molar-refractivity contribution in [2.75, 3.05) is 23.9 Å². The van der Waals surface area contributed by atoms with Crippen LogP contribution in [0.5, 0.6) is 0 Å². The average Bonchev–Trinajstić information content (AvgIpc) is 2.90. The van der Waals surface area contributed by atoms with Crippen molar-refractivity contribution in [2.45, 2.75) is 0 Å². The molecule has 0 N–H and O–H groups in total. The molecule has 1 fully saturated rings. The van der Waals surface area contributed by atoms with E-state index in [0.717, 1.165) is 16.9 Å². The van der Waals surface area contributed by atoms with E-state index >= 15 is 0 Å². The van der Waals surface area contributed by atoms with Crippen molar-refractivity contribution in [3.63, 3.8) is 0 Å². The number of benzene rings is 2. The molecule has 2 aromatic rings. The molecule has 1 saturated heterocycles. The molecule has 0 aliphatic carbocycles. The van der Waals surface area contributed by atoms with E-state index in [1.54, 1.807) is 4.90 Å². The molecule has 3 rings (SSSR count). The molecule has 0 radical (unpaired) electrons. The molecule has 25 heavy (non-hydrogen) atoms. The lowest BCUT2D eigenvalue weighted by Gasteiger charge is -2.17. The monoisotopic (exact) mass is 366 g/mol. The SMILES string of the molecule is CN(C)c1ccc(N2C(=O)/C(=C/C=C\c3ccccc3)SC2=S)cc1. The lowest BCUT2D eigenvalue weighted by molar-refractivity contribution is -0.113. The molecule has 0 aromatic heterocycles. The molecule has 0 atom stereocenters. The number of rotatable bonds is 4. The Bertz CT molecular complexity index is 840. The summed E-state index contributed by atoms with van der Waals surface area (Å²) in [7, 11) is 3.97. The standard InChI is InChI=1S/C20H18N2OS2/c1-21(2)16-11-13-17(14-12-16)22-19(23)18(25-20(22)24)10-6-9-15-7-4-3-5-8-15/h3-14H,1-2H3/b9-6-,18-10-. The Morgan fingerprint density at radius 3 is 2.36 bits per heavy atom. The van der Waals surface area contributed by atoms with Gasteiger partial charge in [-0.05, 0) is 35.9 Å². The lowest BCUT2D eigenvalue weighted by Crippen LogP contribution is -2.27. The van der Waals surface area contributed by atoms with E-state index in [2.05, 4.69) is 0 Å². The Morgan fingerprint density at radius 2 is 1.72 bits per heavy atom. The number of carbonyl (C=O) groups excluding carboxylic acids is 1. The molecule has 3 nitrogen and oxygen atoms in total. The van der Waals surface area contributed by atoms with E-state index < -0.39 is 0 Å². The van der Waals surface area contributed by atoms with Crippen molar-refractivity contribution in [1.29, 1.82) is 0 Å². The molecule has 126 valence electrons. The van der Waals surface area contributed by atoms with Gasteiger partial charge in [-0.15, -0.1) is 0 Å². The van der Waals surface area contributed by atoms with Gasteiger partial charge in [0.25, 0.3) is 5.91 Å². The summed E-state index contributed by atoms with van der Waals surface area (Å²) in [5.74, 6) is -0.0784. The van der Waals surface area contributed by atoms with Gasteiger partial charge in [0.1, 0.15) is 0 Å². The summed E-state index contributed by atoms with van der Waals surface area (Å²) < 4.78 is 0.557. The van der Waals surface area contributed by atoms with Gasteiger partial charge in [0.15, 0.2) is 4.32 Å². The van der Waals surface area contributed by atoms with Gasteiger partial charge in [-0.1, -0.05) is 66.5 Å². The highest BCUT2D eigenvalue weighted by Crippen LogP contribution is 2.35. The van der Waals surface area contributed by atoms with Crippen molar-refractivity contribution < 1.29 is 4.79 Å². The molecule has 0 unspecified atom stereocenters. The van der Waals surface area contributed by atoms with Gasteiger partial charge in [0.2, 0.25) is 0 Å². The second kappa shape index (κ2) is 7.68. The number of nitrogens with zero attached hydrogens (tertiary/aromatic N) is 2. The zero-order chi connectivity index (χ0) is 17.8. The smallest absolute Gasteiger partial charge is 0.270 e. The fraction of sp³-hybridized carbons (Fsp3) is 0.100. The summed E-state index contributed by atoms with van der Waals surface area (Å²) in [6.45, 7) is 0. The Balaban J connectivity index is 1.78. The molecular formula is C20H18N2OS2. The average molecular weight is 367 g/mol. The van der Waals surface area contributed by atoms with Crippen LogP contribution in [0.2, 0.25) is 0 Å². The predicted octanol–water partition coefficient (Wildman–Crippen LogP) is 4.71. The zero-order valence-electron chi connectivity index (χ0n) is 14.0. The third kappa shape index (κ3) is 4.00. The summed E-state index contributed by atoms with van der Waals surface area (Å²) in [5, 5.41) is 0. The highest BCUT2D eigenvalue weighted by Gasteiger charge is 2.32. The van der Waals surface area contributed by atoms with Gasteiger partial charge < -0.3 is 4.90 Å². The minimum Gasteiger partial charge on any atom is -0.378 e. The largest absolute Gasteiger partial charge is 0.378 e. The minimum absolute atomic E-state index is 0.0784. The molecule has 2 aromatic carbocycles. The summed E-state index contributed by atoms with van der Waals surface area (Å²) in [4.78, 5) is 16.9. The van der Waals surface area contributed by atoms with Crippen LogP contribution in [0.1, 0.15) is 5.56 Å². The molecular weight excluding hydrogens is 348 g/mol. The molecule has 0 bridgehead atoms. The van der Waals surface area contributed by atoms with Gasteiger partial charge in [-0.3, -0.25) is 9.69 Å². The van der Waals surface area contributed by atoms with E-state index in [0.29, 0.717) is 9.23 Å². The number of hydrogen-bond donors (Lipinski definition) is 0. The molecule has 1 aliphatic rings. The van der Waals surface area contributed by atoms with Crippen molar-refractivity contribution >= 4 is 51.7 Å². The van der Waals surface area contributed by atoms with Crippen molar-refractivity contribution in [3.05, 3.63) is 77.2 Å². The van der Waals surface area contributed by atoms with Crippen LogP contribution < -0.4 is 9.80 Å². The van der Waals surface area contributed by atoms with Crippen molar-refractivity contribution in [1.82, 2.24) is 0 Å². The Hall–Kier alpha value is -2.37. The maximum atomic E-state index is 12.7. The van der Waals surface area contributed by atoms with Gasteiger partial charge in [0.05, 0.1) is 10.6 Å². The van der Waals surface area contributed by atoms with Gasteiger partial charge in [-0.2, -0.15) is 0 Å². The Labute approximate surface area is 157 Å². The second-order valence-electron chi connectivity index (χ2n) is 5.72. The number of thioether (sulfide) groups is 1. The first-order valence-corrected chi connectivity index (χ1v) is 9.06. The number of thiocarbonyl (C=S) groups is 1. The van der Waals surface area contributed by atoms with Gasteiger partial charge in [-0.25, -0.2) is 0 Å². The first-order chi connectivity index (χ1) is 12.1. The fourth-order valence-electron chi connectivity index (χ4n) is 2.42. The van der Waals surface area contributed by atoms with E-state index in [9.17, 15) is 4.79 Å². The summed E-state index contributed by atoms with van der Waals surface area (Å²) >= 11 is 6.73. The van der Waals surface area contributed by atoms with Crippen LogP contribution in [-0.2, 0) is 4.79 Å². The van der Waals surface area contributed by atoms with Crippen LogP contribution in [0.25, 0.3) is 6.08 Å². The van der Waals surface area contributed by atoms with Crippen LogP contribution >= 0.6 is 24.0 Å². The van der Waals surface area contributed by atoms with Crippen LogP contribution in [-0.4, -0.2) is 24.3 Å². The van der Waals surface area contributed by atoms with Crippen molar-refractivity contribution in [3.8, 4) is 0 Å². The maximum Gasteiger partial charge on any atom is 0.270 e. The summed E-state index contributed by atoms with van der Waals surface area (Å²) in [5.41, 5.74) is 2.97. The predicted molar refractivity (Wildman–Crippen MR) is 112 cm³/mol. The number of amides is 1. The van der Waals surface area contributed by atoms with E-state index in [-0.39, 0.29) is 5.91 Å². The van der Waals surface area contributed by atoms with Gasteiger partial charge in [0, 0.05) is 19.8 Å². The Kier molecular flexibility index (Phi) is 5.36. The van der Waals surface area contributed by atoms with Crippen molar-refractivity contribution in [2.24, 2.45) is 0 Å². The Morgan fingerprint density at radius 1 is 1.04 bits per heavy atom. The van der Waals surface area contributed by atoms with E-state index in [1.807, 2.05) is 91.8 Å². The molecule has 1 aliphatic heterocycles. The summed E-state index contributed by atoms with van der Waals surface area (Å²) in [6.07, 6.45) is 5.68. The zero-order valence-corrected chi connectivity index (χ0v) is 15.7. The number of anilines is 2. The molecule has 5 heteroatoms. The summed E-state index contributed by atoms with van der Waals surface area (Å²) in [6, 6.07) is 17.8. The van der Waals surface area contributed by atoms with E-state index in [4.69, 9.17) is 12.2 Å². The normalized spacial score (nSPS) is 16.2. The van der Waals surface area contributed by atoms with Crippen LogP contribution in [0.15, 0.2) is 71.7 Å². The highest BCUT2D eigenvalue weighted by atomic mass is 32.2. The second-order valence-corrected chi connectivity index (χ2v) is 7.40. The van der Waals surface area contributed by atoms with E-state index in [1.165, 1.54) is 11.8 Å². The first-order valence-electron chi connectivity index (χ1n) is 7.83. The van der Waals surface area contributed by atoms with Crippen LogP contribution in [0, 0.1) is 0 Å². The molecule has 1 amide bonds. The maximum absolute atomic E-state index is 12.7. The third-order valence-corrected chi connectivity index (χ3v) is 5.07. The minimum atomic E-state index is -0.0784. The van der Waals surface area contributed by atoms with Crippen LogP contribution in [0.3, 0.4) is 0 Å². The molecule has 0 saturated carbocycles. The topological polar surface area (TPSA) is 23.6 Å². The first kappa shape index (κ1) is 17.5. The third-order valence-electron chi connectivity index (χ3n) is 3.75. The number of hydrogen-bond acceptors (Lipinski definition) is 4. The highest BCUT2D eigenvalue weighted by molar-refractivity contribution is 8.27. The molecule has 0 spiro atoms.